The Morgan fingerprint density at radius 2 is 2.20 bits per heavy atom. The predicted octanol–water partition coefficient (Wildman–Crippen LogP) is 2.02. The molecule has 2 heterocycles. The van der Waals surface area contributed by atoms with Crippen molar-refractivity contribution in [3.63, 3.8) is 0 Å². The number of hydrogen-bond acceptors (Lipinski definition) is 4. The van der Waals surface area contributed by atoms with Crippen LogP contribution in [-0.2, 0) is 0 Å². The number of fused-ring (bicyclic) bond motifs is 1. The highest BCUT2D eigenvalue weighted by Crippen LogP contribution is 2.28. The highest BCUT2D eigenvalue weighted by atomic mass is 79.9. The van der Waals surface area contributed by atoms with Crippen molar-refractivity contribution in [3.8, 4) is 0 Å². The fourth-order valence-electron chi connectivity index (χ4n) is 1.35. The molecule has 0 spiro atoms. The van der Waals surface area contributed by atoms with E-state index in [1.54, 1.807) is 13.8 Å². The van der Waals surface area contributed by atoms with Crippen molar-refractivity contribution in [2.45, 2.75) is 13.8 Å². The molecule has 0 saturated heterocycles. The van der Waals surface area contributed by atoms with Crippen LogP contribution in [0.5, 0.6) is 0 Å². The second kappa shape index (κ2) is 3.27. The molecule has 0 unspecified atom stereocenters. The zero-order chi connectivity index (χ0) is 11.2. The first-order valence-electron chi connectivity index (χ1n) is 4.17. The van der Waals surface area contributed by atoms with Crippen molar-refractivity contribution in [2.75, 3.05) is 0 Å². The zero-order valence-electron chi connectivity index (χ0n) is 8.06. The van der Waals surface area contributed by atoms with Gasteiger partial charge in [0, 0.05) is 5.56 Å². The van der Waals surface area contributed by atoms with Crippen LogP contribution in [0, 0.1) is 24.0 Å². The molecule has 0 atom stereocenters. The zero-order valence-corrected chi connectivity index (χ0v) is 9.65. The fourth-order valence-corrected chi connectivity index (χ4v) is 1.82. The van der Waals surface area contributed by atoms with Gasteiger partial charge in [0.2, 0.25) is 0 Å². The van der Waals surface area contributed by atoms with Crippen LogP contribution in [0.15, 0.2) is 10.7 Å². The Labute approximate surface area is 93.2 Å². The summed E-state index contributed by atoms with van der Waals surface area (Å²) in [5.41, 5.74) is 1.18. The van der Waals surface area contributed by atoms with E-state index in [4.69, 9.17) is 0 Å². The molecule has 0 fully saturated rings. The summed E-state index contributed by atoms with van der Waals surface area (Å²) >= 11 is 3.29. The van der Waals surface area contributed by atoms with Gasteiger partial charge in [-0.25, -0.2) is 9.50 Å². The van der Waals surface area contributed by atoms with Gasteiger partial charge in [-0.15, -0.1) is 0 Å². The summed E-state index contributed by atoms with van der Waals surface area (Å²) in [5, 5.41) is 14.8. The summed E-state index contributed by atoms with van der Waals surface area (Å²) in [5.74, 6) is 0.579. The standard InChI is InChI=1S/C8H7BrN4O2/c1-4-6(13(14)15)3-12-8(7(4)9)10-5(2)11-12/h3H,1-2H3. The molecule has 15 heavy (non-hydrogen) atoms. The summed E-state index contributed by atoms with van der Waals surface area (Å²) in [6.45, 7) is 3.41. The highest BCUT2D eigenvalue weighted by molar-refractivity contribution is 9.10. The van der Waals surface area contributed by atoms with Crippen molar-refractivity contribution in [2.24, 2.45) is 0 Å². The number of pyridine rings is 1. The van der Waals surface area contributed by atoms with Gasteiger partial charge < -0.3 is 0 Å². The summed E-state index contributed by atoms with van der Waals surface area (Å²) in [6, 6.07) is 0. The molecule has 0 N–H and O–H groups in total. The fraction of sp³-hybridized carbons (Fsp3) is 0.250. The van der Waals surface area contributed by atoms with Crippen LogP contribution >= 0.6 is 15.9 Å². The maximum absolute atomic E-state index is 10.7. The minimum Gasteiger partial charge on any atom is -0.258 e. The van der Waals surface area contributed by atoms with E-state index in [9.17, 15) is 10.1 Å². The lowest BCUT2D eigenvalue weighted by atomic mass is 10.2. The van der Waals surface area contributed by atoms with Gasteiger partial charge in [0.15, 0.2) is 5.65 Å². The van der Waals surface area contributed by atoms with Gasteiger partial charge in [0.25, 0.3) is 5.69 Å². The van der Waals surface area contributed by atoms with Gasteiger partial charge in [-0.05, 0) is 29.8 Å². The van der Waals surface area contributed by atoms with Gasteiger partial charge in [0.1, 0.15) is 12.0 Å². The third-order valence-corrected chi connectivity index (χ3v) is 3.04. The lowest BCUT2D eigenvalue weighted by Gasteiger charge is -2.00. The van der Waals surface area contributed by atoms with Crippen molar-refractivity contribution < 1.29 is 4.92 Å². The van der Waals surface area contributed by atoms with E-state index in [-0.39, 0.29) is 5.69 Å². The molecule has 7 heteroatoms. The Kier molecular flexibility index (Phi) is 2.18. The maximum Gasteiger partial charge on any atom is 0.291 e. The minimum atomic E-state index is -0.434. The molecule has 2 aromatic rings. The van der Waals surface area contributed by atoms with E-state index in [2.05, 4.69) is 26.0 Å². The second-order valence-corrected chi connectivity index (χ2v) is 3.93. The molecule has 0 amide bonds. The van der Waals surface area contributed by atoms with E-state index >= 15 is 0 Å². The second-order valence-electron chi connectivity index (χ2n) is 3.14. The van der Waals surface area contributed by atoms with Crippen molar-refractivity contribution in [1.29, 1.82) is 0 Å². The molecule has 0 radical (unpaired) electrons. The number of nitrogens with zero attached hydrogens (tertiary/aromatic N) is 4. The van der Waals surface area contributed by atoms with Crippen molar-refractivity contribution >= 4 is 27.3 Å². The molecular weight excluding hydrogens is 264 g/mol. The Morgan fingerprint density at radius 3 is 2.80 bits per heavy atom. The van der Waals surface area contributed by atoms with Crippen molar-refractivity contribution in [3.05, 3.63) is 32.2 Å². The molecule has 6 nitrogen and oxygen atoms in total. The number of nitro groups is 1. The Balaban J connectivity index is 2.87. The molecule has 0 saturated carbocycles. The highest BCUT2D eigenvalue weighted by Gasteiger charge is 2.18. The normalized spacial score (nSPS) is 10.9. The maximum atomic E-state index is 10.7. The lowest BCUT2D eigenvalue weighted by Crippen LogP contribution is -1.98. The van der Waals surface area contributed by atoms with Crippen LogP contribution in [0.25, 0.3) is 5.65 Å². The molecule has 0 aromatic carbocycles. The first kappa shape index (κ1) is 10.0. The van der Waals surface area contributed by atoms with Gasteiger partial charge >= 0.3 is 0 Å². The molecule has 0 aliphatic rings. The monoisotopic (exact) mass is 270 g/mol. The van der Waals surface area contributed by atoms with Gasteiger partial charge in [-0.2, -0.15) is 5.10 Å². The topological polar surface area (TPSA) is 73.3 Å². The summed E-state index contributed by atoms with van der Waals surface area (Å²) in [7, 11) is 0. The molecule has 2 aromatic heterocycles. The molecule has 78 valence electrons. The van der Waals surface area contributed by atoms with Crippen LogP contribution in [0.1, 0.15) is 11.4 Å². The minimum absolute atomic E-state index is 0.0271. The number of aryl methyl sites for hydroxylation is 1. The third-order valence-electron chi connectivity index (χ3n) is 2.09. The van der Waals surface area contributed by atoms with Gasteiger partial charge in [-0.1, -0.05) is 0 Å². The molecule has 2 rings (SSSR count). The Hall–Kier alpha value is -1.50. The Morgan fingerprint density at radius 1 is 1.53 bits per heavy atom. The first-order valence-corrected chi connectivity index (χ1v) is 4.96. The average molecular weight is 271 g/mol. The van der Waals surface area contributed by atoms with E-state index in [0.29, 0.717) is 21.5 Å². The number of hydrogen-bond donors (Lipinski definition) is 0. The third kappa shape index (κ3) is 1.48. The van der Waals surface area contributed by atoms with E-state index in [0.717, 1.165) is 0 Å². The molecule has 0 bridgehead atoms. The number of aromatic nitrogens is 3. The number of rotatable bonds is 1. The molecule has 0 aliphatic carbocycles. The van der Waals surface area contributed by atoms with Crippen LogP contribution in [0.3, 0.4) is 0 Å². The van der Waals surface area contributed by atoms with Crippen molar-refractivity contribution in [1.82, 2.24) is 14.6 Å². The largest absolute Gasteiger partial charge is 0.291 e. The van der Waals surface area contributed by atoms with Gasteiger partial charge in [-0.3, -0.25) is 10.1 Å². The first-order chi connectivity index (χ1) is 7.00. The van der Waals surface area contributed by atoms with Crippen LogP contribution in [0.4, 0.5) is 5.69 Å². The molecular formula is C8H7BrN4O2. The SMILES string of the molecule is Cc1nc2c(Br)c(C)c([N+](=O)[O-])cn2n1. The quantitative estimate of drug-likeness (QED) is 0.587. The van der Waals surface area contributed by atoms with Crippen LogP contribution in [-0.4, -0.2) is 19.5 Å². The Bertz CT molecular complexity index is 563. The summed E-state index contributed by atoms with van der Waals surface area (Å²) < 4.78 is 2.02. The number of halogens is 1. The van der Waals surface area contributed by atoms with E-state index in [1.165, 1.54) is 10.7 Å². The van der Waals surface area contributed by atoms with Crippen LogP contribution in [0.2, 0.25) is 0 Å². The molecule has 0 aliphatic heterocycles. The van der Waals surface area contributed by atoms with Gasteiger partial charge in [0.05, 0.1) is 9.40 Å². The van der Waals surface area contributed by atoms with E-state index < -0.39 is 4.92 Å². The average Bonchev–Trinajstić information content (AvgIpc) is 2.52. The smallest absolute Gasteiger partial charge is 0.258 e. The van der Waals surface area contributed by atoms with Crippen LogP contribution < -0.4 is 0 Å². The predicted molar refractivity (Wildman–Crippen MR) is 56.8 cm³/mol. The van der Waals surface area contributed by atoms with E-state index in [1.807, 2.05) is 0 Å². The summed E-state index contributed by atoms with van der Waals surface area (Å²) in [4.78, 5) is 14.5. The summed E-state index contributed by atoms with van der Waals surface area (Å²) in [6.07, 6.45) is 1.37. The lowest BCUT2D eigenvalue weighted by molar-refractivity contribution is -0.385.